The fraction of sp³-hybridized carbons (Fsp3) is 0.500. The molecular formula is C20H24N2OS. The maximum absolute atomic E-state index is 5.26. The van der Waals surface area contributed by atoms with Crippen molar-refractivity contribution in [3.63, 3.8) is 0 Å². The standard InChI is InChI=1S/C20H24N2OS/c1-23-16-4-2-15(3-5-16)18-7-6-17(24-18)14-21-12-13-22-11-10-20(22)9-8-19(20)21/h2-7,19H,8-14H2,1H3. The number of ether oxygens (including phenoxy) is 1. The first-order chi connectivity index (χ1) is 11.8. The van der Waals surface area contributed by atoms with E-state index < -0.39 is 0 Å². The fourth-order valence-electron chi connectivity index (χ4n) is 4.85. The Morgan fingerprint density at radius 2 is 1.96 bits per heavy atom. The lowest BCUT2D eigenvalue weighted by Gasteiger charge is -2.69. The van der Waals surface area contributed by atoms with Crippen LogP contribution in [0.1, 0.15) is 24.1 Å². The van der Waals surface area contributed by atoms with Gasteiger partial charge in [-0.25, -0.2) is 0 Å². The van der Waals surface area contributed by atoms with Crippen LogP contribution in [0, 0.1) is 0 Å². The Morgan fingerprint density at radius 1 is 1.08 bits per heavy atom. The molecular weight excluding hydrogens is 316 g/mol. The molecule has 5 rings (SSSR count). The molecule has 24 heavy (non-hydrogen) atoms. The molecule has 126 valence electrons. The molecule has 1 aromatic carbocycles. The van der Waals surface area contributed by atoms with Crippen molar-refractivity contribution >= 4 is 11.3 Å². The van der Waals surface area contributed by atoms with Crippen LogP contribution in [0.25, 0.3) is 10.4 Å². The molecule has 1 saturated carbocycles. The monoisotopic (exact) mass is 340 g/mol. The summed E-state index contributed by atoms with van der Waals surface area (Å²) < 4.78 is 5.26. The second-order valence-electron chi connectivity index (χ2n) is 7.36. The Balaban J connectivity index is 1.31. The summed E-state index contributed by atoms with van der Waals surface area (Å²) in [6.45, 7) is 4.97. The molecule has 3 heterocycles. The van der Waals surface area contributed by atoms with Gasteiger partial charge in [0.05, 0.1) is 7.11 Å². The lowest BCUT2D eigenvalue weighted by atomic mass is 9.61. The van der Waals surface area contributed by atoms with E-state index in [0.717, 1.165) is 18.3 Å². The lowest BCUT2D eigenvalue weighted by molar-refractivity contribution is -0.176. The Labute approximate surface area is 147 Å². The van der Waals surface area contributed by atoms with Crippen molar-refractivity contribution in [3.8, 4) is 16.2 Å². The second kappa shape index (κ2) is 5.58. The topological polar surface area (TPSA) is 15.7 Å². The third kappa shape index (κ3) is 2.17. The van der Waals surface area contributed by atoms with E-state index in [-0.39, 0.29) is 0 Å². The zero-order chi connectivity index (χ0) is 16.1. The predicted molar refractivity (Wildman–Crippen MR) is 98.7 cm³/mol. The van der Waals surface area contributed by atoms with Crippen LogP contribution in [0.4, 0.5) is 0 Å². The second-order valence-corrected chi connectivity index (χ2v) is 8.53. The van der Waals surface area contributed by atoms with Gasteiger partial charge in [0, 0.05) is 47.5 Å². The molecule has 0 bridgehead atoms. The van der Waals surface area contributed by atoms with Gasteiger partial charge in [0.1, 0.15) is 5.75 Å². The molecule has 2 saturated heterocycles. The van der Waals surface area contributed by atoms with Crippen LogP contribution in [0.15, 0.2) is 36.4 Å². The molecule has 1 aromatic heterocycles. The summed E-state index contributed by atoms with van der Waals surface area (Å²) in [6, 6.07) is 13.8. The van der Waals surface area contributed by atoms with Gasteiger partial charge in [-0.15, -0.1) is 11.3 Å². The van der Waals surface area contributed by atoms with E-state index in [4.69, 9.17) is 4.74 Å². The molecule has 3 fully saturated rings. The van der Waals surface area contributed by atoms with Crippen molar-refractivity contribution in [3.05, 3.63) is 41.3 Å². The highest BCUT2D eigenvalue weighted by Crippen LogP contribution is 2.52. The Bertz CT molecular complexity index is 736. The van der Waals surface area contributed by atoms with E-state index in [1.807, 2.05) is 23.5 Å². The molecule has 0 amide bonds. The minimum Gasteiger partial charge on any atom is -0.497 e. The normalized spacial score (nSPS) is 29.3. The van der Waals surface area contributed by atoms with E-state index in [9.17, 15) is 0 Å². The first-order valence-corrected chi connectivity index (χ1v) is 9.82. The van der Waals surface area contributed by atoms with Crippen molar-refractivity contribution < 1.29 is 4.74 Å². The summed E-state index contributed by atoms with van der Waals surface area (Å²) in [5.74, 6) is 0.921. The Hall–Kier alpha value is -1.36. The van der Waals surface area contributed by atoms with Crippen LogP contribution in [0.2, 0.25) is 0 Å². The van der Waals surface area contributed by atoms with Crippen molar-refractivity contribution in [1.29, 1.82) is 0 Å². The summed E-state index contributed by atoms with van der Waals surface area (Å²) in [5, 5.41) is 0. The van der Waals surface area contributed by atoms with Gasteiger partial charge in [-0.3, -0.25) is 9.80 Å². The largest absolute Gasteiger partial charge is 0.497 e. The highest BCUT2D eigenvalue weighted by Gasteiger charge is 2.59. The van der Waals surface area contributed by atoms with Crippen LogP contribution in [-0.4, -0.2) is 48.1 Å². The quantitative estimate of drug-likeness (QED) is 0.841. The molecule has 1 spiro atoms. The SMILES string of the molecule is COc1ccc(-c2ccc(CN3CCN4CCC45CCC35)s2)cc1. The zero-order valence-electron chi connectivity index (χ0n) is 14.2. The molecule has 3 nitrogen and oxygen atoms in total. The van der Waals surface area contributed by atoms with Gasteiger partial charge in [0.2, 0.25) is 0 Å². The third-order valence-corrected chi connectivity index (χ3v) is 7.53. The Kier molecular flexibility index (Phi) is 3.47. The van der Waals surface area contributed by atoms with Gasteiger partial charge >= 0.3 is 0 Å². The fourth-order valence-corrected chi connectivity index (χ4v) is 5.89. The minimum atomic E-state index is 0.578. The number of piperazine rings is 1. The summed E-state index contributed by atoms with van der Waals surface area (Å²) in [7, 11) is 1.72. The van der Waals surface area contributed by atoms with Gasteiger partial charge in [-0.05, 0) is 61.2 Å². The average molecular weight is 340 g/mol. The van der Waals surface area contributed by atoms with Crippen LogP contribution in [0.5, 0.6) is 5.75 Å². The Morgan fingerprint density at radius 3 is 2.62 bits per heavy atom. The molecule has 2 aliphatic heterocycles. The highest BCUT2D eigenvalue weighted by atomic mass is 32.1. The van der Waals surface area contributed by atoms with Crippen molar-refractivity contribution in [2.24, 2.45) is 0 Å². The number of hydrogen-bond donors (Lipinski definition) is 0. The van der Waals surface area contributed by atoms with Gasteiger partial charge in [0.25, 0.3) is 0 Å². The van der Waals surface area contributed by atoms with Gasteiger partial charge in [0.15, 0.2) is 0 Å². The zero-order valence-corrected chi connectivity index (χ0v) is 15.0. The number of benzene rings is 1. The molecule has 2 unspecified atom stereocenters. The number of rotatable bonds is 4. The average Bonchev–Trinajstić information content (AvgIpc) is 3.00. The van der Waals surface area contributed by atoms with Gasteiger partial charge < -0.3 is 4.74 Å². The number of thiophene rings is 1. The smallest absolute Gasteiger partial charge is 0.118 e. The van der Waals surface area contributed by atoms with Crippen molar-refractivity contribution in [2.75, 3.05) is 26.7 Å². The van der Waals surface area contributed by atoms with E-state index in [0.29, 0.717) is 5.54 Å². The highest BCUT2D eigenvalue weighted by molar-refractivity contribution is 7.15. The van der Waals surface area contributed by atoms with Gasteiger partial charge in [-0.2, -0.15) is 0 Å². The first-order valence-electron chi connectivity index (χ1n) is 9.01. The number of nitrogens with zero attached hydrogens (tertiary/aromatic N) is 2. The summed E-state index contributed by atoms with van der Waals surface area (Å²) in [5.41, 5.74) is 1.87. The third-order valence-electron chi connectivity index (χ3n) is 6.41. The molecule has 4 heteroatoms. The van der Waals surface area contributed by atoms with E-state index >= 15 is 0 Å². The number of methoxy groups -OCH3 is 1. The molecule has 2 aromatic rings. The van der Waals surface area contributed by atoms with Crippen LogP contribution < -0.4 is 4.74 Å². The van der Waals surface area contributed by atoms with E-state index in [2.05, 4.69) is 34.1 Å². The van der Waals surface area contributed by atoms with E-state index in [1.165, 1.54) is 54.2 Å². The maximum atomic E-state index is 5.26. The van der Waals surface area contributed by atoms with Crippen LogP contribution in [-0.2, 0) is 6.54 Å². The molecule has 0 N–H and O–H groups in total. The van der Waals surface area contributed by atoms with Crippen molar-refractivity contribution in [1.82, 2.24) is 9.80 Å². The molecule has 1 aliphatic carbocycles. The predicted octanol–water partition coefficient (Wildman–Crippen LogP) is 3.85. The van der Waals surface area contributed by atoms with E-state index in [1.54, 1.807) is 7.11 Å². The summed E-state index contributed by atoms with van der Waals surface area (Å²) in [6.07, 6.45) is 4.25. The minimum absolute atomic E-state index is 0.578. The van der Waals surface area contributed by atoms with Crippen LogP contribution >= 0.6 is 11.3 Å². The molecule has 3 aliphatic rings. The summed E-state index contributed by atoms with van der Waals surface area (Å²) in [4.78, 5) is 8.35. The summed E-state index contributed by atoms with van der Waals surface area (Å²) >= 11 is 1.94. The maximum Gasteiger partial charge on any atom is 0.118 e. The van der Waals surface area contributed by atoms with Crippen LogP contribution in [0.3, 0.4) is 0 Å². The van der Waals surface area contributed by atoms with Crippen molar-refractivity contribution in [2.45, 2.75) is 37.4 Å². The van der Waals surface area contributed by atoms with Gasteiger partial charge in [-0.1, -0.05) is 0 Å². The number of hydrogen-bond acceptors (Lipinski definition) is 4. The molecule has 2 atom stereocenters. The first kappa shape index (κ1) is 14.9. The molecule has 0 radical (unpaired) electrons. The lowest BCUT2D eigenvalue weighted by Crippen LogP contribution is -2.79.